The van der Waals surface area contributed by atoms with Gasteiger partial charge in [0.1, 0.15) is 11.5 Å². The van der Waals surface area contributed by atoms with Crippen molar-refractivity contribution >= 4 is 5.65 Å². The highest BCUT2D eigenvalue weighted by Crippen LogP contribution is 2.38. The maximum atomic E-state index is 5.84. The lowest BCUT2D eigenvalue weighted by Gasteiger charge is -2.07. The zero-order chi connectivity index (χ0) is 16.6. The molecule has 0 aliphatic heterocycles. The molecule has 0 radical (unpaired) electrons. The van der Waals surface area contributed by atoms with Gasteiger partial charge in [0.05, 0.1) is 5.69 Å². The van der Waals surface area contributed by atoms with Gasteiger partial charge in [0.2, 0.25) is 0 Å². The van der Waals surface area contributed by atoms with E-state index in [9.17, 15) is 0 Å². The normalized spacial score (nSPS) is 13.9. The number of para-hydroxylation sites is 1. The van der Waals surface area contributed by atoms with Crippen molar-refractivity contribution in [1.82, 2.24) is 19.8 Å². The van der Waals surface area contributed by atoms with Crippen molar-refractivity contribution in [1.29, 1.82) is 0 Å². The van der Waals surface area contributed by atoms with Gasteiger partial charge < -0.3 is 4.74 Å². The molecule has 0 unspecified atom stereocenters. The van der Waals surface area contributed by atoms with E-state index in [2.05, 4.69) is 10.2 Å². The summed E-state index contributed by atoms with van der Waals surface area (Å²) < 4.78 is 7.72. The fourth-order valence-electron chi connectivity index (χ4n) is 2.87. The third-order valence-corrected chi connectivity index (χ3v) is 4.36. The van der Waals surface area contributed by atoms with Crippen molar-refractivity contribution in [2.75, 3.05) is 0 Å². The Morgan fingerprint density at radius 1 is 0.800 bits per heavy atom. The average Bonchev–Trinajstić information content (AvgIpc) is 3.42. The Hall–Kier alpha value is -3.21. The van der Waals surface area contributed by atoms with Crippen LogP contribution in [0.15, 0.2) is 66.7 Å². The van der Waals surface area contributed by atoms with Gasteiger partial charge in [-0.05, 0) is 61.4 Å². The topological polar surface area (TPSA) is 52.3 Å². The molecule has 0 amide bonds. The first kappa shape index (κ1) is 14.2. The van der Waals surface area contributed by atoms with Crippen molar-refractivity contribution < 1.29 is 4.74 Å². The molecule has 122 valence electrons. The molecule has 2 heterocycles. The van der Waals surface area contributed by atoms with Crippen LogP contribution in [-0.2, 0) is 0 Å². The summed E-state index contributed by atoms with van der Waals surface area (Å²) in [6.07, 6.45) is 2.36. The first-order chi connectivity index (χ1) is 12.4. The van der Waals surface area contributed by atoms with Gasteiger partial charge in [-0.25, -0.2) is 0 Å². The Labute approximate surface area is 144 Å². The molecule has 5 heteroatoms. The lowest BCUT2D eigenvalue weighted by Crippen LogP contribution is -1.99. The number of fused-ring (bicyclic) bond motifs is 1. The monoisotopic (exact) mass is 328 g/mol. The number of rotatable bonds is 4. The van der Waals surface area contributed by atoms with Crippen molar-refractivity contribution in [3.8, 4) is 22.8 Å². The Bertz CT molecular complexity index is 1020. The van der Waals surface area contributed by atoms with Gasteiger partial charge in [-0.15, -0.1) is 10.2 Å². The Kier molecular flexibility index (Phi) is 3.23. The van der Waals surface area contributed by atoms with Gasteiger partial charge in [0, 0.05) is 11.5 Å². The van der Waals surface area contributed by atoms with E-state index in [0.717, 1.165) is 34.2 Å². The number of hydrogen-bond acceptors (Lipinski definition) is 4. The smallest absolute Gasteiger partial charge is 0.177 e. The number of aromatic nitrogens is 4. The summed E-state index contributed by atoms with van der Waals surface area (Å²) in [5.41, 5.74) is 2.74. The van der Waals surface area contributed by atoms with E-state index < -0.39 is 0 Å². The van der Waals surface area contributed by atoms with Gasteiger partial charge in [-0.1, -0.05) is 18.2 Å². The molecular formula is C20H16N4O. The molecule has 25 heavy (non-hydrogen) atoms. The molecule has 2 aromatic heterocycles. The van der Waals surface area contributed by atoms with Gasteiger partial charge in [0.15, 0.2) is 11.5 Å². The molecule has 1 saturated carbocycles. The first-order valence-corrected chi connectivity index (χ1v) is 8.42. The second kappa shape index (κ2) is 5.70. The molecule has 1 fully saturated rings. The molecular weight excluding hydrogens is 312 g/mol. The zero-order valence-electron chi connectivity index (χ0n) is 13.5. The Morgan fingerprint density at radius 2 is 1.56 bits per heavy atom. The van der Waals surface area contributed by atoms with Gasteiger partial charge in [-0.3, -0.25) is 0 Å². The van der Waals surface area contributed by atoms with Crippen molar-refractivity contribution in [2.24, 2.45) is 0 Å². The number of nitrogens with zero attached hydrogens (tertiary/aromatic N) is 4. The number of hydrogen-bond donors (Lipinski definition) is 0. The average molecular weight is 328 g/mol. The van der Waals surface area contributed by atoms with Gasteiger partial charge in [0.25, 0.3) is 0 Å². The predicted octanol–water partition coefficient (Wildman–Crippen LogP) is 4.46. The largest absolute Gasteiger partial charge is 0.457 e. The van der Waals surface area contributed by atoms with Crippen molar-refractivity contribution in [3.05, 3.63) is 72.6 Å². The summed E-state index contributed by atoms with van der Waals surface area (Å²) in [6, 6.07) is 21.7. The SMILES string of the molecule is c1ccc(Oc2ccc(-c3ccc4nnc(C5CC5)n4n3)cc2)cc1. The molecule has 5 rings (SSSR count). The molecule has 0 N–H and O–H groups in total. The summed E-state index contributed by atoms with van der Waals surface area (Å²) >= 11 is 0. The summed E-state index contributed by atoms with van der Waals surface area (Å²) in [5.74, 6) is 3.12. The van der Waals surface area contributed by atoms with Crippen LogP contribution < -0.4 is 4.74 Å². The van der Waals surface area contributed by atoms with Crippen LogP contribution >= 0.6 is 0 Å². The third-order valence-electron chi connectivity index (χ3n) is 4.36. The van der Waals surface area contributed by atoms with Gasteiger partial charge >= 0.3 is 0 Å². The van der Waals surface area contributed by atoms with E-state index in [1.54, 1.807) is 0 Å². The van der Waals surface area contributed by atoms with Crippen LogP contribution in [-0.4, -0.2) is 19.8 Å². The van der Waals surface area contributed by atoms with E-state index in [1.165, 1.54) is 12.8 Å². The molecule has 0 spiro atoms. The molecule has 2 aromatic carbocycles. The number of ether oxygens (including phenoxy) is 1. The Morgan fingerprint density at radius 3 is 2.32 bits per heavy atom. The standard InChI is InChI=1S/C20H16N4O/c1-2-4-16(5-3-1)25-17-10-8-14(9-11-17)18-12-13-19-21-22-20(15-6-7-15)24(19)23-18/h1-5,8-13,15H,6-7H2. The lowest BCUT2D eigenvalue weighted by molar-refractivity contribution is 0.483. The van der Waals surface area contributed by atoms with E-state index in [0.29, 0.717) is 5.92 Å². The van der Waals surface area contributed by atoms with Crippen LogP contribution in [0.5, 0.6) is 11.5 Å². The number of benzene rings is 2. The lowest BCUT2D eigenvalue weighted by atomic mass is 10.1. The van der Waals surface area contributed by atoms with E-state index in [4.69, 9.17) is 9.84 Å². The van der Waals surface area contributed by atoms with Crippen LogP contribution in [0.3, 0.4) is 0 Å². The molecule has 0 saturated heterocycles. The maximum Gasteiger partial charge on any atom is 0.177 e. The summed E-state index contributed by atoms with van der Waals surface area (Å²) in [7, 11) is 0. The van der Waals surface area contributed by atoms with E-state index in [1.807, 2.05) is 71.2 Å². The van der Waals surface area contributed by atoms with Gasteiger partial charge in [-0.2, -0.15) is 9.61 Å². The first-order valence-electron chi connectivity index (χ1n) is 8.42. The quantitative estimate of drug-likeness (QED) is 0.555. The van der Waals surface area contributed by atoms with E-state index >= 15 is 0 Å². The molecule has 0 atom stereocenters. The van der Waals surface area contributed by atoms with Crippen molar-refractivity contribution in [3.63, 3.8) is 0 Å². The fourth-order valence-corrected chi connectivity index (χ4v) is 2.87. The minimum Gasteiger partial charge on any atom is -0.457 e. The van der Waals surface area contributed by atoms with E-state index in [-0.39, 0.29) is 0 Å². The molecule has 4 aromatic rings. The van der Waals surface area contributed by atoms with Crippen LogP contribution in [0.2, 0.25) is 0 Å². The summed E-state index contributed by atoms with van der Waals surface area (Å²) in [4.78, 5) is 0. The molecule has 0 bridgehead atoms. The third kappa shape index (κ3) is 2.74. The second-order valence-electron chi connectivity index (χ2n) is 6.26. The molecule has 1 aliphatic carbocycles. The Balaban J connectivity index is 1.44. The summed E-state index contributed by atoms with van der Waals surface area (Å²) in [6.45, 7) is 0. The minimum atomic E-state index is 0.513. The van der Waals surface area contributed by atoms with Crippen LogP contribution in [0.25, 0.3) is 16.9 Å². The van der Waals surface area contributed by atoms with Crippen LogP contribution in [0, 0.1) is 0 Å². The summed E-state index contributed by atoms with van der Waals surface area (Å²) in [5, 5.41) is 13.2. The van der Waals surface area contributed by atoms with Crippen molar-refractivity contribution in [2.45, 2.75) is 18.8 Å². The second-order valence-corrected chi connectivity index (χ2v) is 6.26. The molecule has 5 nitrogen and oxygen atoms in total. The fraction of sp³-hybridized carbons (Fsp3) is 0.150. The highest BCUT2D eigenvalue weighted by Gasteiger charge is 2.29. The predicted molar refractivity (Wildman–Crippen MR) is 94.7 cm³/mol. The van der Waals surface area contributed by atoms with Crippen LogP contribution in [0.1, 0.15) is 24.6 Å². The zero-order valence-corrected chi connectivity index (χ0v) is 13.5. The van der Waals surface area contributed by atoms with Crippen LogP contribution in [0.4, 0.5) is 0 Å². The highest BCUT2D eigenvalue weighted by atomic mass is 16.5. The molecule has 1 aliphatic rings. The highest BCUT2D eigenvalue weighted by molar-refractivity contribution is 5.61. The minimum absolute atomic E-state index is 0.513. The maximum absolute atomic E-state index is 5.84.